The Morgan fingerprint density at radius 1 is 1.28 bits per heavy atom. The van der Waals surface area contributed by atoms with Gasteiger partial charge in [0.1, 0.15) is 5.75 Å². The SMILES string of the molecule is C=CCNS(=O)(=O)c1ccc(O[C@@H](C)C(=O)NC2CCCCC2)cc1. The summed E-state index contributed by atoms with van der Waals surface area (Å²) in [7, 11) is -3.56. The molecule has 0 spiro atoms. The number of carbonyl (C=O) groups is 1. The molecule has 1 atom stereocenters. The van der Waals surface area contributed by atoms with Gasteiger partial charge in [-0.25, -0.2) is 13.1 Å². The van der Waals surface area contributed by atoms with Crippen LogP contribution in [-0.2, 0) is 14.8 Å². The monoisotopic (exact) mass is 366 g/mol. The van der Waals surface area contributed by atoms with Gasteiger partial charge in [-0.3, -0.25) is 4.79 Å². The molecule has 0 aliphatic heterocycles. The highest BCUT2D eigenvalue weighted by molar-refractivity contribution is 7.89. The fourth-order valence-electron chi connectivity index (χ4n) is 2.77. The summed E-state index contributed by atoms with van der Waals surface area (Å²) in [5.41, 5.74) is 0. The molecular formula is C18H26N2O4S. The second-order valence-electron chi connectivity index (χ2n) is 6.22. The van der Waals surface area contributed by atoms with Gasteiger partial charge in [-0.15, -0.1) is 6.58 Å². The van der Waals surface area contributed by atoms with E-state index < -0.39 is 16.1 Å². The van der Waals surface area contributed by atoms with Gasteiger partial charge in [-0.1, -0.05) is 25.3 Å². The smallest absolute Gasteiger partial charge is 0.260 e. The van der Waals surface area contributed by atoms with Gasteiger partial charge in [0.25, 0.3) is 5.91 Å². The lowest BCUT2D eigenvalue weighted by molar-refractivity contribution is -0.128. The molecule has 0 heterocycles. The second kappa shape index (κ2) is 9.01. The third kappa shape index (κ3) is 5.86. The summed E-state index contributed by atoms with van der Waals surface area (Å²) < 4.78 is 32.0. The molecule has 1 saturated carbocycles. The van der Waals surface area contributed by atoms with E-state index in [4.69, 9.17) is 4.74 Å². The van der Waals surface area contributed by atoms with E-state index in [1.165, 1.54) is 24.6 Å². The Morgan fingerprint density at radius 3 is 2.52 bits per heavy atom. The molecule has 1 aliphatic carbocycles. The molecule has 25 heavy (non-hydrogen) atoms. The zero-order chi connectivity index (χ0) is 18.3. The van der Waals surface area contributed by atoms with Crippen LogP contribution in [0, 0.1) is 0 Å². The van der Waals surface area contributed by atoms with Crippen LogP contribution in [0.15, 0.2) is 41.8 Å². The number of hydrogen-bond acceptors (Lipinski definition) is 4. The lowest BCUT2D eigenvalue weighted by atomic mass is 9.95. The molecule has 138 valence electrons. The van der Waals surface area contributed by atoms with Crippen molar-refractivity contribution in [2.24, 2.45) is 0 Å². The van der Waals surface area contributed by atoms with E-state index >= 15 is 0 Å². The normalized spacial score (nSPS) is 16.8. The molecule has 0 aromatic heterocycles. The number of benzene rings is 1. The minimum absolute atomic E-state index is 0.140. The Bertz CT molecular complexity index is 680. The molecule has 6 nitrogen and oxygen atoms in total. The third-order valence-electron chi connectivity index (χ3n) is 4.19. The van der Waals surface area contributed by atoms with E-state index in [2.05, 4.69) is 16.6 Å². The maximum Gasteiger partial charge on any atom is 0.260 e. The Morgan fingerprint density at radius 2 is 1.92 bits per heavy atom. The van der Waals surface area contributed by atoms with Gasteiger partial charge in [0, 0.05) is 12.6 Å². The molecule has 2 rings (SSSR count). The van der Waals surface area contributed by atoms with Crippen molar-refractivity contribution in [1.29, 1.82) is 0 Å². The lowest BCUT2D eigenvalue weighted by Gasteiger charge is -2.24. The van der Waals surface area contributed by atoms with Gasteiger partial charge in [0.15, 0.2) is 6.10 Å². The number of sulfonamides is 1. The van der Waals surface area contributed by atoms with E-state index in [-0.39, 0.29) is 23.4 Å². The van der Waals surface area contributed by atoms with Gasteiger partial charge in [-0.05, 0) is 44.0 Å². The van der Waals surface area contributed by atoms with Crippen molar-refractivity contribution < 1.29 is 17.9 Å². The third-order valence-corrected chi connectivity index (χ3v) is 5.62. The first kappa shape index (κ1) is 19.5. The number of rotatable bonds is 8. The summed E-state index contributed by atoms with van der Waals surface area (Å²) in [6.45, 7) is 5.33. The summed E-state index contributed by atoms with van der Waals surface area (Å²) in [6, 6.07) is 6.23. The van der Waals surface area contributed by atoms with Crippen LogP contribution in [0.5, 0.6) is 5.75 Å². The summed E-state index contributed by atoms with van der Waals surface area (Å²) in [4.78, 5) is 12.3. The fraction of sp³-hybridized carbons (Fsp3) is 0.500. The highest BCUT2D eigenvalue weighted by Crippen LogP contribution is 2.19. The van der Waals surface area contributed by atoms with Gasteiger partial charge >= 0.3 is 0 Å². The minimum Gasteiger partial charge on any atom is -0.481 e. The quantitative estimate of drug-likeness (QED) is 0.692. The summed E-state index contributed by atoms with van der Waals surface area (Å²) in [5.74, 6) is 0.310. The highest BCUT2D eigenvalue weighted by atomic mass is 32.2. The molecule has 2 N–H and O–H groups in total. The first-order valence-electron chi connectivity index (χ1n) is 8.60. The van der Waals surface area contributed by atoms with Gasteiger partial charge in [0.05, 0.1) is 4.90 Å². The molecule has 1 fully saturated rings. The summed E-state index contributed by atoms with van der Waals surface area (Å²) >= 11 is 0. The zero-order valence-corrected chi connectivity index (χ0v) is 15.3. The highest BCUT2D eigenvalue weighted by Gasteiger charge is 2.21. The van der Waals surface area contributed by atoms with E-state index in [1.807, 2.05) is 0 Å². The second-order valence-corrected chi connectivity index (χ2v) is 7.98. The van der Waals surface area contributed by atoms with E-state index in [0.717, 1.165) is 25.7 Å². The maximum absolute atomic E-state index is 12.2. The molecule has 1 aromatic carbocycles. The van der Waals surface area contributed by atoms with Crippen LogP contribution >= 0.6 is 0 Å². The maximum atomic E-state index is 12.2. The van der Waals surface area contributed by atoms with E-state index in [1.54, 1.807) is 19.1 Å². The molecule has 1 aliphatic rings. The van der Waals surface area contributed by atoms with Crippen molar-refractivity contribution in [1.82, 2.24) is 10.0 Å². The van der Waals surface area contributed by atoms with Crippen LogP contribution in [0.4, 0.5) is 0 Å². The number of carbonyl (C=O) groups excluding carboxylic acids is 1. The average Bonchev–Trinajstić information content (AvgIpc) is 2.61. The first-order valence-corrected chi connectivity index (χ1v) is 10.1. The van der Waals surface area contributed by atoms with Crippen molar-refractivity contribution >= 4 is 15.9 Å². The Hall–Kier alpha value is -1.86. The van der Waals surface area contributed by atoms with Crippen molar-refractivity contribution in [3.8, 4) is 5.75 Å². The van der Waals surface area contributed by atoms with Crippen LogP contribution in [0.2, 0.25) is 0 Å². The topological polar surface area (TPSA) is 84.5 Å². The predicted molar refractivity (Wildman–Crippen MR) is 96.9 cm³/mol. The van der Waals surface area contributed by atoms with E-state index in [9.17, 15) is 13.2 Å². The van der Waals surface area contributed by atoms with Crippen LogP contribution in [-0.4, -0.2) is 33.0 Å². The van der Waals surface area contributed by atoms with Gasteiger partial charge in [0.2, 0.25) is 10.0 Å². The molecular weight excluding hydrogens is 340 g/mol. The van der Waals surface area contributed by atoms with Crippen molar-refractivity contribution in [3.63, 3.8) is 0 Å². The van der Waals surface area contributed by atoms with Gasteiger partial charge < -0.3 is 10.1 Å². The molecule has 1 amide bonds. The van der Waals surface area contributed by atoms with Crippen LogP contribution < -0.4 is 14.8 Å². The number of ether oxygens (including phenoxy) is 1. The molecule has 7 heteroatoms. The zero-order valence-electron chi connectivity index (χ0n) is 14.5. The van der Waals surface area contributed by atoms with Crippen molar-refractivity contribution in [3.05, 3.63) is 36.9 Å². The van der Waals surface area contributed by atoms with E-state index in [0.29, 0.717) is 5.75 Å². The van der Waals surface area contributed by atoms with Crippen LogP contribution in [0.25, 0.3) is 0 Å². The standard InChI is InChI=1S/C18H26N2O4S/c1-3-13-19-25(22,23)17-11-9-16(10-12-17)24-14(2)18(21)20-15-7-5-4-6-8-15/h3,9-12,14-15,19H,1,4-8,13H2,2H3,(H,20,21)/t14-/m0/s1. The van der Waals surface area contributed by atoms with Crippen molar-refractivity contribution in [2.45, 2.75) is 56.1 Å². The van der Waals surface area contributed by atoms with Crippen molar-refractivity contribution in [2.75, 3.05) is 6.54 Å². The minimum atomic E-state index is -3.56. The number of nitrogens with one attached hydrogen (secondary N) is 2. The molecule has 0 bridgehead atoms. The Labute approximate surface area is 149 Å². The molecule has 0 radical (unpaired) electrons. The first-order chi connectivity index (χ1) is 11.9. The van der Waals surface area contributed by atoms with Crippen LogP contribution in [0.3, 0.4) is 0 Å². The predicted octanol–water partition coefficient (Wildman–Crippen LogP) is 2.37. The Kier molecular flexibility index (Phi) is 7.01. The Balaban J connectivity index is 1.91. The summed E-state index contributed by atoms with van der Waals surface area (Å²) in [5, 5.41) is 3.02. The largest absolute Gasteiger partial charge is 0.481 e. The summed E-state index contributed by atoms with van der Waals surface area (Å²) in [6.07, 6.45) is 6.40. The molecule has 1 aromatic rings. The lowest BCUT2D eigenvalue weighted by Crippen LogP contribution is -2.43. The fourth-order valence-corrected chi connectivity index (χ4v) is 3.77. The number of amides is 1. The van der Waals surface area contributed by atoms with Gasteiger partial charge in [-0.2, -0.15) is 0 Å². The average molecular weight is 366 g/mol. The number of hydrogen-bond donors (Lipinski definition) is 2. The molecule has 0 saturated heterocycles. The van der Waals surface area contributed by atoms with Crippen LogP contribution in [0.1, 0.15) is 39.0 Å². The molecule has 0 unspecified atom stereocenters.